The van der Waals surface area contributed by atoms with E-state index in [0.29, 0.717) is 0 Å². The Hall–Kier alpha value is -0.990. The van der Waals surface area contributed by atoms with Gasteiger partial charge in [0.05, 0.1) is 8.22 Å². The van der Waals surface area contributed by atoms with Gasteiger partial charge in [-0.1, -0.05) is 27.5 Å². The molecule has 2 aromatic carbocycles. The Balaban J connectivity index is 2.73. The maximum Gasteiger partial charge on any atom is 0.136 e. The number of fused-ring (bicyclic) bond motifs is 3. The Morgan fingerprint density at radius 2 is 1.93 bits per heavy atom. The number of halogens is 2. The van der Waals surface area contributed by atoms with Crippen LogP contribution in [-0.2, 0) is 0 Å². The van der Waals surface area contributed by atoms with Gasteiger partial charge < -0.3 is 4.42 Å². The summed E-state index contributed by atoms with van der Waals surface area (Å²) in [6, 6.07) is -1.41. The van der Waals surface area contributed by atoms with Crippen LogP contribution in [0.5, 0.6) is 0 Å². The lowest BCUT2D eigenvalue weighted by Gasteiger charge is -1.90. The van der Waals surface area contributed by atoms with Gasteiger partial charge in [-0.25, -0.2) is 0 Å². The molecule has 0 spiro atoms. The number of hydrogen-bond acceptors (Lipinski definition) is 1. The zero-order valence-corrected chi connectivity index (χ0v) is 9.51. The van der Waals surface area contributed by atoms with Crippen molar-refractivity contribution >= 4 is 49.5 Å². The molecule has 0 unspecified atom stereocenters. The fourth-order valence-corrected chi connectivity index (χ4v) is 1.78. The van der Waals surface area contributed by atoms with Crippen LogP contribution in [-0.4, -0.2) is 0 Å². The molecule has 3 rings (SSSR count). The minimum absolute atomic E-state index is 0.0458. The summed E-state index contributed by atoms with van der Waals surface area (Å²) in [6.45, 7) is 0. The van der Waals surface area contributed by atoms with E-state index >= 15 is 0 Å². The normalized spacial score (nSPS) is 16.9. The topological polar surface area (TPSA) is 13.1 Å². The number of hydrogen-bond donors (Lipinski definition) is 0. The van der Waals surface area contributed by atoms with Crippen LogP contribution in [0.1, 0.15) is 8.22 Å². The molecule has 0 saturated heterocycles. The van der Waals surface area contributed by atoms with Crippen LogP contribution in [0.4, 0.5) is 0 Å². The molecule has 3 aromatic rings. The standard InChI is InChI=1S/C12H6BrClO/c13-7-1-4-11-10(5-7)9-3-2-8(14)6-12(9)15-11/h1-6H/i1D,2D,3D,4D,5D,6D. The third kappa shape index (κ3) is 1.45. The van der Waals surface area contributed by atoms with Crippen molar-refractivity contribution in [3.8, 4) is 0 Å². The number of furan rings is 1. The summed E-state index contributed by atoms with van der Waals surface area (Å²) >= 11 is 8.92. The zero-order chi connectivity index (χ0) is 15.6. The Bertz CT molecular complexity index is 861. The van der Waals surface area contributed by atoms with Gasteiger partial charge in [-0.15, -0.1) is 0 Å². The summed E-state index contributed by atoms with van der Waals surface area (Å²) in [5.41, 5.74) is -0.0950. The van der Waals surface area contributed by atoms with Crippen LogP contribution in [0, 0.1) is 0 Å². The molecule has 0 aliphatic carbocycles. The van der Waals surface area contributed by atoms with Crippen molar-refractivity contribution in [2.75, 3.05) is 0 Å². The summed E-state index contributed by atoms with van der Waals surface area (Å²) in [6.07, 6.45) is 0. The van der Waals surface area contributed by atoms with E-state index in [4.69, 9.17) is 24.2 Å². The minimum atomic E-state index is -0.325. The average molecular weight is 288 g/mol. The van der Waals surface area contributed by atoms with Gasteiger partial charge in [0.2, 0.25) is 0 Å². The first-order valence-corrected chi connectivity index (χ1v) is 5.21. The first-order chi connectivity index (χ1) is 9.77. The molecule has 1 aromatic heterocycles. The highest BCUT2D eigenvalue weighted by Crippen LogP contribution is 2.32. The molecule has 0 fully saturated rings. The van der Waals surface area contributed by atoms with Gasteiger partial charge in [0.15, 0.2) is 0 Å². The summed E-state index contributed by atoms with van der Waals surface area (Å²) in [7, 11) is 0. The lowest BCUT2D eigenvalue weighted by molar-refractivity contribution is 0.669. The van der Waals surface area contributed by atoms with Crippen LogP contribution < -0.4 is 0 Å². The lowest BCUT2D eigenvalue weighted by atomic mass is 10.1. The van der Waals surface area contributed by atoms with Crippen molar-refractivity contribution in [2.45, 2.75) is 0 Å². The lowest BCUT2D eigenvalue weighted by Crippen LogP contribution is -1.67. The van der Waals surface area contributed by atoms with Crippen molar-refractivity contribution < 1.29 is 12.6 Å². The van der Waals surface area contributed by atoms with Gasteiger partial charge in [-0.05, 0) is 30.2 Å². The van der Waals surface area contributed by atoms with Crippen molar-refractivity contribution in [2.24, 2.45) is 0 Å². The SMILES string of the molecule is [2H]c1c(Br)c([2H])c2c(oc3c([2H])c(Cl)c([2H])c([2H])c32)c1[2H]. The van der Waals surface area contributed by atoms with Gasteiger partial charge in [-0.3, -0.25) is 0 Å². The van der Waals surface area contributed by atoms with E-state index in [-0.39, 0.29) is 67.7 Å². The third-order valence-electron chi connectivity index (χ3n) is 1.95. The second-order valence-electron chi connectivity index (χ2n) is 2.89. The Labute approximate surface area is 108 Å². The molecule has 1 nitrogen and oxygen atoms in total. The zero-order valence-electron chi connectivity index (χ0n) is 13.2. The molecule has 15 heavy (non-hydrogen) atoms. The van der Waals surface area contributed by atoms with E-state index in [2.05, 4.69) is 15.9 Å². The van der Waals surface area contributed by atoms with Gasteiger partial charge >= 0.3 is 0 Å². The van der Waals surface area contributed by atoms with Gasteiger partial charge in [-0.2, -0.15) is 0 Å². The van der Waals surface area contributed by atoms with Crippen molar-refractivity contribution in [3.05, 3.63) is 45.7 Å². The molecule has 0 amide bonds. The quantitative estimate of drug-likeness (QED) is 0.567. The molecular weight excluding hydrogens is 275 g/mol. The first-order valence-electron chi connectivity index (χ1n) is 7.04. The maximum absolute atomic E-state index is 8.07. The predicted molar refractivity (Wildman–Crippen MR) is 66.4 cm³/mol. The Morgan fingerprint density at radius 1 is 1.07 bits per heavy atom. The smallest absolute Gasteiger partial charge is 0.136 e. The molecule has 0 saturated carbocycles. The van der Waals surface area contributed by atoms with Crippen LogP contribution in [0.15, 0.2) is 45.1 Å². The summed E-state index contributed by atoms with van der Waals surface area (Å²) < 4.78 is 52.9. The molecule has 0 N–H and O–H groups in total. The summed E-state index contributed by atoms with van der Waals surface area (Å²) in [4.78, 5) is 0. The summed E-state index contributed by atoms with van der Waals surface area (Å²) in [5, 5.41) is 0.0277. The highest BCUT2D eigenvalue weighted by atomic mass is 79.9. The fourth-order valence-electron chi connectivity index (χ4n) is 1.35. The Kier molecular flexibility index (Phi) is 1.06. The second-order valence-corrected chi connectivity index (χ2v) is 4.06. The van der Waals surface area contributed by atoms with E-state index in [1.54, 1.807) is 0 Å². The molecule has 1 heterocycles. The van der Waals surface area contributed by atoms with Crippen LogP contribution in [0.2, 0.25) is 5.02 Å². The van der Waals surface area contributed by atoms with E-state index in [0.717, 1.165) is 0 Å². The van der Waals surface area contributed by atoms with Crippen LogP contribution >= 0.6 is 27.5 Å². The van der Waals surface area contributed by atoms with Crippen LogP contribution in [0.3, 0.4) is 0 Å². The average Bonchev–Trinajstić information content (AvgIpc) is 2.87. The highest BCUT2D eigenvalue weighted by molar-refractivity contribution is 9.10. The molecule has 3 heteroatoms. The van der Waals surface area contributed by atoms with Crippen molar-refractivity contribution in [3.63, 3.8) is 0 Å². The van der Waals surface area contributed by atoms with E-state index in [1.807, 2.05) is 0 Å². The molecule has 0 radical (unpaired) electrons. The molecule has 0 aliphatic rings. The van der Waals surface area contributed by atoms with E-state index in [9.17, 15) is 0 Å². The molecular formula is C12H6BrClO. The fraction of sp³-hybridized carbons (Fsp3) is 0. The van der Waals surface area contributed by atoms with Crippen molar-refractivity contribution in [1.29, 1.82) is 0 Å². The predicted octanol–water partition coefficient (Wildman–Crippen LogP) is 5.00. The minimum Gasteiger partial charge on any atom is -0.456 e. The van der Waals surface area contributed by atoms with E-state index in [1.165, 1.54) is 0 Å². The van der Waals surface area contributed by atoms with Gasteiger partial charge in [0, 0.05) is 26.3 Å². The van der Waals surface area contributed by atoms with Gasteiger partial charge in [0.1, 0.15) is 11.2 Å². The van der Waals surface area contributed by atoms with Gasteiger partial charge in [0.25, 0.3) is 0 Å². The Morgan fingerprint density at radius 3 is 2.80 bits per heavy atom. The molecule has 0 bridgehead atoms. The number of rotatable bonds is 0. The monoisotopic (exact) mass is 286 g/mol. The molecule has 0 atom stereocenters. The first kappa shape index (κ1) is 4.89. The second kappa shape index (κ2) is 3.26. The largest absolute Gasteiger partial charge is 0.456 e. The third-order valence-corrected chi connectivity index (χ3v) is 2.53. The maximum atomic E-state index is 8.07. The number of benzene rings is 2. The summed E-state index contributed by atoms with van der Waals surface area (Å²) in [5.74, 6) is 0. The molecule has 0 aliphatic heterocycles. The highest BCUT2D eigenvalue weighted by Gasteiger charge is 2.06. The van der Waals surface area contributed by atoms with Crippen LogP contribution in [0.25, 0.3) is 21.9 Å². The van der Waals surface area contributed by atoms with E-state index < -0.39 is 0 Å². The molecule has 74 valence electrons. The van der Waals surface area contributed by atoms with Crippen molar-refractivity contribution in [1.82, 2.24) is 0 Å².